The van der Waals surface area contributed by atoms with Crippen molar-refractivity contribution in [2.24, 2.45) is 11.7 Å². The normalized spacial score (nSPS) is 38.1. The standard InChI is InChI=1S/C13H27N3/c1-3-12-5-4-7-16(9-12)13(10-14)6-8-15(2)11-13/h12H,3-11,14H2,1-2H3. The highest BCUT2D eigenvalue weighted by atomic mass is 15.3. The van der Waals surface area contributed by atoms with Gasteiger partial charge < -0.3 is 10.6 Å². The van der Waals surface area contributed by atoms with Crippen LogP contribution in [0, 0.1) is 5.92 Å². The van der Waals surface area contributed by atoms with Gasteiger partial charge in [-0.3, -0.25) is 4.90 Å². The summed E-state index contributed by atoms with van der Waals surface area (Å²) in [6, 6.07) is 0. The predicted octanol–water partition coefficient (Wildman–Crippen LogP) is 1.14. The fraction of sp³-hybridized carbons (Fsp3) is 1.00. The zero-order valence-electron chi connectivity index (χ0n) is 10.9. The van der Waals surface area contributed by atoms with Crippen LogP contribution in [-0.2, 0) is 0 Å². The largest absolute Gasteiger partial charge is 0.329 e. The first-order valence-corrected chi connectivity index (χ1v) is 6.84. The monoisotopic (exact) mass is 225 g/mol. The van der Waals surface area contributed by atoms with Crippen molar-refractivity contribution in [2.45, 2.75) is 38.1 Å². The Morgan fingerprint density at radius 3 is 2.75 bits per heavy atom. The lowest BCUT2D eigenvalue weighted by molar-refractivity contribution is 0.0532. The summed E-state index contributed by atoms with van der Waals surface area (Å²) in [6.07, 6.45) is 5.37. The molecule has 2 aliphatic rings. The Hall–Kier alpha value is -0.120. The summed E-state index contributed by atoms with van der Waals surface area (Å²) in [7, 11) is 2.22. The number of hydrogen-bond donors (Lipinski definition) is 1. The molecule has 0 amide bonds. The molecular formula is C13H27N3. The first-order valence-electron chi connectivity index (χ1n) is 6.84. The van der Waals surface area contributed by atoms with Crippen LogP contribution in [0.15, 0.2) is 0 Å². The van der Waals surface area contributed by atoms with Crippen molar-refractivity contribution in [1.82, 2.24) is 9.80 Å². The molecule has 0 aromatic carbocycles. The Kier molecular flexibility index (Phi) is 3.88. The quantitative estimate of drug-likeness (QED) is 0.782. The summed E-state index contributed by atoms with van der Waals surface area (Å²) in [5, 5.41) is 0. The first kappa shape index (κ1) is 12.3. The van der Waals surface area contributed by atoms with Crippen LogP contribution in [0.25, 0.3) is 0 Å². The molecule has 0 bridgehead atoms. The molecule has 2 N–H and O–H groups in total. The van der Waals surface area contributed by atoms with Gasteiger partial charge in [0.05, 0.1) is 0 Å². The van der Waals surface area contributed by atoms with Crippen LogP contribution < -0.4 is 5.73 Å². The maximum absolute atomic E-state index is 6.08. The van der Waals surface area contributed by atoms with E-state index in [1.807, 2.05) is 0 Å². The van der Waals surface area contributed by atoms with Crippen molar-refractivity contribution in [3.05, 3.63) is 0 Å². The van der Waals surface area contributed by atoms with Gasteiger partial charge in [-0.25, -0.2) is 0 Å². The van der Waals surface area contributed by atoms with Gasteiger partial charge in [0.2, 0.25) is 0 Å². The van der Waals surface area contributed by atoms with E-state index in [0.717, 1.165) is 12.5 Å². The molecule has 2 rings (SSSR count). The van der Waals surface area contributed by atoms with Gasteiger partial charge in [0, 0.05) is 25.2 Å². The number of hydrogen-bond acceptors (Lipinski definition) is 3. The van der Waals surface area contributed by atoms with Crippen molar-refractivity contribution in [2.75, 3.05) is 39.8 Å². The minimum absolute atomic E-state index is 0.294. The Morgan fingerprint density at radius 2 is 2.19 bits per heavy atom. The van der Waals surface area contributed by atoms with Crippen LogP contribution in [0.2, 0.25) is 0 Å². The molecule has 0 aromatic heterocycles. The van der Waals surface area contributed by atoms with Gasteiger partial charge in [-0.15, -0.1) is 0 Å². The summed E-state index contributed by atoms with van der Waals surface area (Å²) in [4.78, 5) is 5.14. The summed E-state index contributed by atoms with van der Waals surface area (Å²) in [5.41, 5.74) is 6.37. The molecule has 2 atom stereocenters. The van der Waals surface area contributed by atoms with Crippen LogP contribution in [0.3, 0.4) is 0 Å². The van der Waals surface area contributed by atoms with E-state index in [-0.39, 0.29) is 0 Å². The number of nitrogens with two attached hydrogens (primary N) is 1. The van der Waals surface area contributed by atoms with E-state index in [4.69, 9.17) is 5.73 Å². The number of nitrogens with zero attached hydrogens (tertiary/aromatic N) is 2. The highest BCUT2D eigenvalue weighted by molar-refractivity contribution is 5.00. The van der Waals surface area contributed by atoms with E-state index < -0.39 is 0 Å². The van der Waals surface area contributed by atoms with Crippen molar-refractivity contribution in [1.29, 1.82) is 0 Å². The van der Waals surface area contributed by atoms with Crippen molar-refractivity contribution < 1.29 is 0 Å². The number of rotatable bonds is 3. The van der Waals surface area contributed by atoms with E-state index >= 15 is 0 Å². The number of likely N-dealkylation sites (tertiary alicyclic amines) is 2. The van der Waals surface area contributed by atoms with Gasteiger partial charge in [0.1, 0.15) is 0 Å². The second kappa shape index (κ2) is 5.03. The first-order chi connectivity index (χ1) is 7.70. The molecule has 0 saturated carbocycles. The van der Waals surface area contributed by atoms with E-state index in [2.05, 4.69) is 23.8 Å². The van der Waals surface area contributed by atoms with Gasteiger partial charge in [-0.2, -0.15) is 0 Å². The van der Waals surface area contributed by atoms with E-state index in [1.54, 1.807) is 0 Å². The zero-order valence-corrected chi connectivity index (χ0v) is 10.9. The van der Waals surface area contributed by atoms with E-state index in [0.29, 0.717) is 5.54 Å². The Morgan fingerprint density at radius 1 is 1.38 bits per heavy atom. The lowest BCUT2D eigenvalue weighted by Gasteiger charge is -2.45. The van der Waals surface area contributed by atoms with Crippen molar-refractivity contribution >= 4 is 0 Å². The molecule has 3 nitrogen and oxygen atoms in total. The van der Waals surface area contributed by atoms with Crippen LogP contribution in [-0.4, -0.2) is 55.1 Å². The lowest BCUT2D eigenvalue weighted by Crippen LogP contribution is -2.58. The SMILES string of the molecule is CCC1CCCN(C2(CN)CCN(C)C2)C1. The minimum atomic E-state index is 0.294. The molecule has 94 valence electrons. The molecule has 2 unspecified atom stereocenters. The summed E-state index contributed by atoms with van der Waals surface area (Å²) >= 11 is 0. The smallest absolute Gasteiger partial charge is 0.0470 e. The lowest BCUT2D eigenvalue weighted by atomic mass is 9.88. The summed E-state index contributed by atoms with van der Waals surface area (Å²) < 4.78 is 0. The average molecular weight is 225 g/mol. The molecule has 0 radical (unpaired) electrons. The molecule has 3 heteroatoms. The zero-order chi connectivity index (χ0) is 11.6. The minimum Gasteiger partial charge on any atom is -0.329 e. The van der Waals surface area contributed by atoms with Crippen molar-refractivity contribution in [3.63, 3.8) is 0 Å². The average Bonchev–Trinajstić information content (AvgIpc) is 2.72. The Labute approximate surface area is 100.0 Å². The van der Waals surface area contributed by atoms with Crippen LogP contribution in [0.5, 0.6) is 0 Å². The van der Waals surface area contributed by atoms with Crippen LogP contribution in [0.4, 0.5) is 0 Å². The fourth-order valence-corrected chi connectivity index (χ4v) is 3.44. The van der Waals surface area contributed by atoms with Gasteiger partial charge in [0.15, 0.2) is 0 Å². The number of likely N-dealkylation sites (N-methyl/N-ethyl adjacent to an activating group) is 1. The molecule has 0 spiro atoms. The molecule has 2 heterocycles. The predicted molar refractivity (Wildman–Crippen MR) is 68.5 cm³/mol. The van der Waals surface area contributed by atoms with Gasteiger partial charge >= 0.3 is 0 Å². The third-order valence-electron chi connectivity index (χ3n) is 4.67. The Balaban J connectivity index is 2.03. The molecular weight excluding hydrogens is 198 g/mol. The third-order valence-corrected chi connectivity index (χ3v) is 4.67. The molecule has 16 heavy (non-hydrogen) atoms. The molecule has 2 fully saturated rings. The maximum Gasteiger partial charge on any atom is 0.0470 e. The summed E-state index contributed by atoms with van der Waals surface area (Å²) in [5.74, 6) is 0.906. The number of piperidine rings is 1. The van der Waals surface area contributed by atoms with Gasteiger partial charge in [-0.1, -0.05) is 13.3 Å². The second-order valence-corrected chi connectivity index (χ2v) is 5.78. The fourth-order valence-electron chi connectivity index (χ4n) is 3.44. The van der Waals surface area contributed by atoms with E-state index in [9.17, 15) is 0 Å². The molecule has 2 aliphatic heterocycles. The van der Waals surface area contributed by atoms with Crippen LogP contribution in [0.1, 0.15) is 32.6 Å². The van der Waals surface area contributed by atoms with E-state index in [1.165, 1.54) is 51.9 Å². The highest BCUT2D eigenvalue weighted by Crippen LogP contribution is 2.31. The van der Waals surface area contributed by atoms with Crippen molar-refractivity contribution in [3.8, 4) is 0 Å². The topological polar surface area (TPSA) is 32.5 Å². The Bertz CT molecular complexity index is 231. The molecule has 0 aromatic rings. The van der Waals surface area contributed by atoms with Gasteiger partial charge in [0.25, 0.3) is 0 Å². The third kappa shape index (κ3) is 2.27. The maximum atomic E-state index is 6.08. The molecule has 0 aliphatic carbocycles. The molecule has 2 saturated heterocycles. The van der Waals surface area contributed by atoms with Crippen LogP contribution >= 0.6 is 0 Å². The second-order valence-electron chi connectivity index (χ2n) is 5.78. The van der Waals surface area contributed by atoms with Gasteiger partial charge in [-0.05, 0) is 45.3 Å². The summed E-state index contributed by atoms with van der Waals surface area (Å²) in [6.45, 7) is 8.07. The highest BCUT2D eigenvalue weighted by Gasteiger charge is 2.42.